The predicted molar refractivity (Wildman–Crippen MR) is 166 cm³/mol. The van der Waals surface area contributed by atoms with Gasteiger partial charge in [-0.3, -0.25) is 10.1 Å². The highest BCUT2D eigenvalue weighted by atomic mass is 35.5. The Hall–Kier alpha value is -6.09. The molecule has 0 aromatic heterocycles. The highest BCUT2D eigenvalue weighted by Gasteiger charge is 2.35. The van der Waals surface area contributed by atoms with Crippen LogP contribution in [0.1, 0.15) is 61.6 Å². The molecule has 0 fully saturated rings. The number of anilines is 1. The number of aryl methyl sites for hydroxylation is 1. The van der Waals surface area contributed by atoms with Gasteiger partial charge in [0.2, 0.25) is 0 Å². The summed E-state index contributed by atoms with van der Waals surface area (Å²) in [5.74, 6) is -7.91. The van der Waals surface area contributed by atoms with Crippen molar-refractivity contribution in [3.05, 3.63) is 80.9 Å². The van der Waals surface area contributed by atoms with Gasteiger partial charge in [0.25, 0.3) is 0 Å². The van der Waals surface area contributed by atoms with Crippen molar-refractivity contribution in [1.82, 2.24) is 0 Å². The molecule has 4 rings (SSSR count). The summed E-state index contributed by atoms with van der Waals surface area (Å²) >= 11 is 5.74. The lowest BCUT2D eigenvalue weighted by atomic mass is 10.0. The van der Waals surface area contributed by atoms with E-state index < -0.39 is 76.3 Å². The zero-order valence-electron chi connectivity index (χ0n) is 25.7. The number of nitrogens with one attached hydrogen (secondary N) is 1. The molecule has 0 bridgehead atoms. The number of benzene rings is 3. The molecule has 3 aromatic carbocycles. The highest BCUT2D eigenvalue weighted by molar-refractivity contribution is 6.30. The molecule has 1 amide bonds. The third-order valence-corrected chi connectivity index (χ3v) is 6.52. The molecule has 0 saturated carbocycles. The summed E-state index contributed by atoms with van der Waals surface area (Å²) in [5, 5.41) is 42.0. The zero-order chi connectivity index (χ0) is 35.9. The first-order valence-corrected chi connectivity index (χ1v) is 14.1. The van der Waals surface area contributed by atoms with Gasteiger partial charge in [-0.2, -0.15) is 0 Å². The van der Waals surface area contributed by atoms with E-state index in [2.05, 4.69) is 5.32 Å². The van der Waals surface area contributed by atoms with E-state index in [0.29, 0.717) is 22.9 Å². The number of fused-ring (bicyclic) bond motifs is 2. The number of ether oxygens (including phenoxy) is 4. The van der Waals surface area contributed by atoms with Crippen molar-refractivity contribution in [3.8, 4) is 28.7 Å². The second-order valence-corrected chi connectivity index (χ2v) is 10.5. The second kappa shape index (κ2) is 15.5. The van der Waals surface area contributed by atoms with Crippen LogP contribution in [-0.4, -0.2) is 62.8 Å². The summed E-state index contributed by atoms with van der Waals surface area (Å²) < 4.78 is 20.8. The van der Waals surface area contributed by atoms with Crippen molar-refractivity contribution in [3.63, 3.8) is 0 Å². The number of amides is 1. The number of carbonyl (C=O) groups is 6. The van der Waals surface area contributed by atoms with Gasteiger partial charge in [0.15, 0.2) is 23.5 Å². The molecule has 0 radical (unpaired) electrons. The second-order valence-electron chi connectivity index (χ2n) is 10.1. The summed E-state index contributed by atoms with van der Waals surface area (Å²) in [5.41, 5.74) is -1.17. The van der Waals surface area contributed by atoms with Crippen LogP contribution >= 0.6 is 11.6 Å². The molecule has 252 valence electrons. The van der Waals surface area contributed by atoms with E-state index in [1.54, 1.807) is 38.1 Å². The number of aromatic hydroxyl groups is 2. The highest BCUT2D eigenvalue weighted by Crippen LogP contribution is 2.50. The van der Waals surface area contributed by atoms with Gasteiger partial charge in [0.1, 0.15) is 29.2 Å². The number of rotatable bonds is 8. The standard InChI is InChI=1S/C22H16O12.C10H12ClNO2/c1-8-5-12(24)10(6-23)19-15(8)22(31)34-20-11(7-32-14(27)4-3-13(25)26)17(28)16(21(29)30)9(2)18(20)33-19;1-7(2)14-10(13)12-9-5-3-4-8(11)6-9/h3-6,24,28H,7H2,1-2H3,(H,25,26)(H,29,30);3-7H,1-2H3,(H,12,13). The van der Waals surface area contributed by atoms with Crippen LogP contribution in [0.4, 0.5) is 10.5 Å². The SMILES string of the molecule is CC(C)OC(=O)Nc1cccc(Cl)c1.Cc1cc(O)c(C=O)c2c1C(=O)Oc1c(COC(=O)C=CC(=O)O)c(O)c(C(=O)O)c(C)c1O2. The van der Waals surface area contributed by atoms with Crippen molar-refractivity contribution >= 4 is 53.5 Å². The molecule has 1 heterocycles. The number of aliphatic carboxylic acids is 1. The zero-order valence-corrected chi connectivity index (χ0v) is 26.4. The number of carboxylic acids is 2. The number of phenolic OH excluding ortho intramolecular Hbond substituents is 1. The monoisotopic (exact) mass is 685 g/mol. The van der Waals surface area contributed by atoms with Gasteiger partial charge in [0, 0.05) is 28.4 Å². The lowest BCUT2D eigenvalue weighted by molar-refractivity contribution is -0.139. The number of aromatic carboxylic acids is 1. The van der Waals surface area contributed by atoms with Crippen molar-refractivity contribution < 1.29 is 68.1 Å². The van der Waals surface area contributed by atoms with Gasteiger partial charge >= 0.3 is 30.0 Å². The molecule has 5 N–H and O–H groups in total. The number of phenols is 2. The van der Waals surface area contributed by atoms with Crippen LogP contribution in [0.3, 0.4) is 0 Å². The summed E-state index contributed by atoms with van der Waals surface area (Å²) in [6.45, 7) is 5.41. The fourth-order valence-electron chi connectivity index (χ4n) is 4.25. The Labute approximate surface area is 276 Å². The smallest absolute Gasteiger partial charge is 0.411 e. The van der Waals surface area contributed by atoms with Crippen LogP contribution in [0.25, 0.3) is 0 Å². The predicted octanol–water partition coefficient (Wildman–Crippen LogP) is 5.53. The van der Waals surface area contributed by atoms with E-state index in [1.165, 1.54) is 13.8 Å². The first-order valence-electron chi connectivity index (χ1n) is 13.7. The third-order valence-electron chi connectivity index (χ3n) is 6.28. The molecule has 0 spiro atoms. The molecule has 1 aliphatic heterocycles. The largest absolute Gasteiger partial charge is 0.507 e. The van der Waals surface area contributed by atoms with Crippen LogP contribution in [0.2, 0.25) is 5.02 Å². The van der Waals surface area contributed by atoms with Gasteiger partial charge in [-0.1, -0.05) is 17.7 Å². The van der Waals surface area contributed by atoms with Crippen molar-refractivity contribution in [1.29, 1.82) is 0 Å². The van der Waals surface area contributed by atoms with Crippen LogP contribution in [0.5, 0.6) is 28.7 Å². The van der Waals surface area contributed by atoms with Gasteiger partial charge < -0.3 is 39.4 Å². The lowest BCUT2D eigenvalue weighted by Gasteiger charge is -2.18. The molecule has 0 saturated heterocycles. The van der Waals surface area contributed by atoms with Crippen LogP contribution < -0.4 is 14.8 Å². The maximum atomic E-state index is 12.9. The number of hydrogen-bond donors (Lipinski definition) is 5. The fraction of sp³-hybridized carbons (Fsp3) is 0.188. The van der Waals surface area contributed by atoms with E-state index in [-0.39, 0.29) is 34.8 Å². The fourth-order valence-corrected chi connectivity index (χ4v) is 4.44. The first-order chi connectivity index (χ1) is 22.5. The van der Waals surface area contributed by atoms with E-state index in [4.69, 9.17) is 35.7 Å². The number of halogens is 1. The Morgan fingerprint density at radius 3 is 2.27 bits per heavy atom. The number of aldehydes is 1. The van der Waals surface area contributed by atoms with Crippen molar-refractivity contribution in [2.24, 2.45) is 0 Å². The molecule has 16 heteroatoms. The minimum absolute atomic E-state index is 0.130. The maximum absolute atomic E-state index is 12.9. The van der Waals surface area contributed by atoms with Crippen LogP contribution in [-0.2, 0) is 25.7 Å². The average molecular weight is 686 g/mol. The Balaban J connectivity index is 0.000000373. The summed E-state index contributed by atoms with van der Waals surface area (Å²) in [6.07, 6.45) is 0.704. The van der Waals surface area contributed by atoms with Crippen molar-refractivity contribution in [2.45, 2.75) is 40.4 Å². The molecule has 0 aliphatic carbocycles. The van der Waals surface area contributed by atoms with E-state index in [1.807, 2.05) is 0 Å². The molecular weight excluding hydrogens is 658 g/mol. The molecule has 15 nitrogen and oxygen atoms in total. The quantitative estimate of drug-likeness (QED) is 0.0849. The molecule has 1 aliphatic rings. The van der Waals surface area contributed by atoms with Crippen molar-refractivity contribution in [2.75, 3.05) is 5.32 Å². The van der Waals surface area contributed by atoms with E-state index in [9.17, 15) is 44.1 Å². The molecular formula is C32H28ClNO14. The average Bonchev–Trinajstić information content (AvgIpc) is 3.12. The molecule has 0 atom stereocenters. The Bertz CT molecular complexity index is 1850. The number of carboxylic acid groups (broad SMARTS) is 2. The molecule has 48 heavy (non-hydrogen) atoms. The van der Waals surface area contributed by atoms with Gasteiger partial charge in [0.05, 0.1) is 17.2 Å². The summed E-state index contributed by atoms with van der Waals surface area (Å²) in [7, 11) is 0. The maximum Gasteiger partial charge on any atom is 0.411 e. The van der Waals surface area contributed by atoms with Crippen LogP contribution in [0.15, 0.2) is 42.5 Å². The van der Waals surface area contributed by atoms with E-state index in [0.717, 1.165) is 6.07 Å². The van der Waals surface area contributed by atoms with Gasteiger partial charge in [-0.05, 0) is 57.5 Å². The number of esters is 2. The van der Waals surface area contributed by atoms with Crippen LogP contribution in [0, 0.1) is 13.8 Å². The molecule has 0 unspecified atom stereocenters. The Kier molecular flexibility index (Phi) is 11.7. The number of carbonyl (C=O) groups excluding carboxylic acids is 4. The third kappa shape index (κ3) is 8.58. The topological polar surface area (TPSA) is 232 Å². The minimum Gasteiger partial charge on any atom is -0.507 e. The lowest BCUT2D eigenvalue weighted by Crippen LogP contribution is -2.17. The Morgan fingerprint density at radius 1 is 1.00 bits per heavy atom. The normalized spacial score (nSPS) is 11.5. The number of hydrogen-bond acceptors (Lipinski definition) is 12. The minimum atomic E-state index is -1.60. The summed E-state index contributed by atoms with van der Waals surface area (Å²) in [6, 6.07) is 8.03. The Morgan fingerprint density at radius 2 is 1.69 bits per heavy atom. The molecule has 3 aromatic rings. The van der Waals surface area contributed by atoms with E-state index >= 15 is 0 Å². The first kappa shape index (κ1) is 36.4. The summed E-state index contributed by atoms with van der Waals surface area (Å²) in [4.78, 5) is 69.8. The van der Waals surface area contributed by atoms with Gasteiger partial charge in [-0.25, -0.2) is 24.0 Å². The van der Waals surface area contributed by atoms with Gasteiger partial charge in [-0.15, -0.1) is 0 Å².